The first-order valence-electron chi connectivity index (χ1n) is 5.69. The number of rotatable bonds is 3. The van der Waals surface area contributed by atoms with Crippen LogP contribution in [0.3, 0.4) is 0 Å². The predicted octanol–water partition coefficient (Wildman–Crippen LogP) is 3.76. The molecule has 1 aromatic heterocycles. The van der Waals surface area contributed by atoms with E-state index in [-0.39, 0.29) is 44.6 Å². The molecule has 0 aliphatic carbocycles. The molecule has 0 unspecified atom stereocenters. The maximum Gasteiger partial charge on any atom is 2.00 e. The van der Waals surface area contributed by atoms with E-state index in [1.54, 1.807) is 12.3 Å². The van der Waals surface area contributed by atoms with Gasteiger partial charge in [-0.3, -0.25) is 0 Å². The number of ether oxygens (including phenoxy) is 1. The first-order valence-corrected chi connectivity index (χ1v) is 6.07. The molecule has 0 aromatic carbocycles. The molecule has 6 heteroatoms. The number of nitrogens with zero attached hydrogens (tertiary/aromatic N) is 2. The van der Waals surface area contributed by atoms with Crippen LogP contribution in [0.2, 0.25) is 5.15 Å². The summed E-state index contributed by atoms with van der Waals surface area (Å²) in [6, 6.07) is 3.51. The summed E-state index contributed by atoms with van der Waals surface area (Å²) in [7, 11) is 0. The van der Waals surface area contributed by atoms with Crippen molar-refractivity contribution in [3.63, 3.8) is 0 Å². The summed E-state index contributed by atoms with van der Waals surface area (Å²) in [5.41, 5.74) is 0.372. The summed E-state index contributed by atoms with van der Waals surface area (Å²) in [4.78, 5) is 17.4. The molecule has 1 aromatic rings. The van der Waals surface area contributed by atoms with E-state index in [0.717, 1.165) is 5.56 Å². The number of pyridine rings is 1. The quantitative estimate of drug-likeness (QED) is 0.449. The fourth-order valence-corrected chi connectivity index (χ4v) is 1.39. The number of hydrogen-bond donors (Lipinski definition) is 0. The Bertz CT molecular complexity index is 405. The summed E-state index contributed by atoms with van der Waals surface area (Å²) in [5, 5.41) is 0.428. The van der Waals surface area contributed by atoms with E-state index in [4.69, 9.17) is 16.3 Å². The van der Waals surface area contributed by atoms with Crippen LogP contribution in [-0.2, 0) is 11.3 Å². The van der Waals surface area contributed by atoms with Crippen LogP contribution in [0.25, 0.3) is 0 Å². The molecule has 0 saturated carbocycles. The molecule has 0 atom stereocenters. The summed E-state index contributed by atoms with van der Waals surface area (Å²) in [5.74, 6) is 0. The molecule has 0 radical (unpaired) electrons. The molecule has 4 nitrogen and oxygen atoms in total. The molecule has 110 valence electrons. The monoisotopic (exact) mass is 522 g/mol. The second-order valence-electron chi connectivity index (χ2n) is 4.89. The van der Waals surface area contributed by atoms with Crippen molar-refractivity contribution in [3.05, 3.63) is 43.4 Å². The molecule has 1 heterocycles. The van der Waals surface area contributed by atoms with Crippen LogP contribution in [0.4, 0.5) is 4.79 Å². The van der Waals surface area contributed by atoms with Crippen LogP contribution in [0.5, 0.6) is 0 Å². The Kier molecular flexibility index (Phi) is 10.6. The topological polar surface area (TPSA) is 42.4 Å². The maximum absolute atomic E-state index is 11.9. The number of aromatic nitrogens is 1. The number of carbonyl (C=O) groups excluding carboxylic acids is 1. The molecule has 0 aliphatic rings. The van der Waals surface area contributed by atoms with E-state index >= 15 is 0 Å². The van der Waals surface area contributed by atoms with E-state index < -0.39 is 5.60 Å². The predicted molar refractivity (Wildman–Crippen MR) is 77.7 cm³/mol. The van der Waals surface area contributed by atoms with Gasteiger partial charge in [-0.25, -0.2) is 9.78 Å². The van der Waals surface area contributed by atoms with Crippen molar-refractivity contribution in [2.45, 2.75) is 32.9 Å². The maximum atomic E-state index is 11.9. The van der Waals surface area contributed by atoms with Crippen molar-refractivity contribution in [2.75, 3.05) is 6.54 Å². The molecule has 0 bridgehead atoms. The van der Waals surface area contributed by atoms with Gasteiger partial charge in [0.25, 0.3) is 0 Å². The molecule has 0 spiro atoms. The van der Waals surface area contributed by atoms with E-state index in [2.05, 4.69) is 11.9 Å². The third-order valence-electron chi connectivity index (χ3n) is 2.08. The van der Waals surface area contributed by atoms with Crippen LogP contribution in [0.1, 0.15) is 26.3 Å². The normalized spacial score (nSPS) is 10.1. The van der Waals surface area contributed by atoms with Crippen molar-refractivity contribution in [2.24, 2.45) is 0 Å². The molecule has 0 N–H and O–H groups in total. The van der Waals surface area contributed by atoms with Crippen molar-refractivity contribution in [3.8, 4) is 0 Å². The Hall–Kier alpha value is -0.238. The molecule has 0 aliphatic heterocycles. The van der Waals surface area contributed by atoms with Gasteiger partial charge in [0.2, 0.25) is 0 Å². The SMILES string of the molecule is [CH2-]CN(Cc1ccc(Cl)nc1)C(=O)OC(C)(C)C.[CH3-].[U+2]. The summed E-state index contributed by atoms with van der Waals surface area (Å²) < 4.78 is 5.29. The Morgan fingerprint density at radius 1 is 1.45 bits per heavy atom. The summed E-state index contributed by atoms with van der Waals surface area (Å²) in [6.07, 6.45) is 1.25. The molecular formula is C14H21ClN2O2U. The average Bonchev–Trinajstić information content (AvgIpc) is 2.25. The number of amides is 1. The largest absolute Gasteiger partial charge is 2.00 e. The van der Waals surface area contributed by atoms with Gasteiger partial charge in [0.05, 0.1) is 0 Å². The zero-order chi connectivity index (χ0) is 13.8. The fraction of sp³-hybridized carbons (Fsp3) is 0.429. The Balaban J connectivity index is 0. The number of hydrogen-bond acceptors (Lipinski definition) is 3. The second kappa shape index (κ2) is 9.65. The second-order valence-corrected chi connectivity index (χ2v) is 5.28. The van der Waals surface area contributed by atoms with Gasteiger partial charge in [-0.1, -0.05) is 17.7 Å². The molecule has 1 rings (SSSR count). The van der Waals surface area contributed by atoms with Crippen LogP contribution in [-0.4, -0.2) is 28.1 Å². The standard InChI is InChI=1S/C13H18ClN2O2.CH3.U/c1-5-16(12(17)18-13(2,3)4)9-10-6-7-11(14)15-8-10;;/h6-8H,1,5,9H2,2-4H3;1H3;/q2*-1;+2. The van der Waals surface area contributed by atoms with E-state index in [0.29, 0.717) is 18.2 Å². The summed E-state index contributed by atoms with van der Waals surface area (Å²) >= 11 is 5.70. The summed E-state index contributed by atoms with van der Waals surface area (Å²) in [6.45, 7) is 9.95. The van der Waals surface area contributed by atoms with Gasteiger partial charge in [-0.05, 0) is 32.4 Å². The molecule has 20 heavy (non-hydrogen) atoms. The van der Waals surface area contributed by atoms with Gasteiger partial charge in [0.15, 0.2) is 0 Å². The van der Waals surface area contributed by atoms with Gasteiger partial charge in [-0.15, -0.1) is 6.54 Å². The molecular weight excluding hydrogens is 502 g/mol. The van der Waals surface area contributed by atoms with Crippen molar-refractivity contribution < 1.29 is 40.6 Å². The number of carbonyl (C=O) groups is 1. The van der Waals surface area contributed by atoms with Gasteiger partial charge in [-0.2, -0.15) is 0 Å². The molecule has 1 amide bonds. The zero-order valence-electron chi connectivity index (χ0n) is 12.4. The smallest absolute Gasteiger partial charge is 0.444 e. The van der Waals surface area contributed by atoms with Crippen LogP contribution >= 0.6 is 11.6 Å². The Labute approximate surface area is 150 Å². The third kappa shape index (κ3) is 8.14. The first kappa shape index (κ1) is 22.0. The van der Waals surface area contributed by atoms with Crippen LogP contribution < -0.4 is 0 Å². The van der Waals surface area contributed by atoms with Crippen molar-refractivity contribution in [1.82, 2.24) is 9.88 Å². The van der Waals surface area contributed by atoms with Crippen molar-refractivity contribution >= 4 is 17.7 Å². The van der Waals surface area contributed by atoms with Gasteiger partial charge in [0.1, 0.15) is 10.8 Å². The minimum atomic E-state index is -0.511. The first-order chi connectivity index (χ1) is 8.31. The minimum Gasteiger partial charge on any atom is -0.444 e. The van der Waals surface area contributed by atoms with Crippen LogP contribution in [0.15, 0.2) is 18.3 Å². The Morgan fingerprint density at radius 2 is 2.05 bits per heavy atom. The van der Waals surface area contributed by atoms with E-state index in [9.17, 15) is 4.79 Å². The Morgan fingerprint density at radius 3 is 2.45 bits per heavy atom. The molecule has 0 saturated heterocycles. The zero-order valence-corrected chi connectivity index (χ0v) is 17.4. The molecule has 0 fully saturated rings. The van der Waals surface area contributed by atoms with E-state index in [1.807, 2.05) is 26.8 Å². The van der Waals surface area contributed by atoms with Gasteiger partial charge in [0, 0.05) is 12.7 Å². The van der Waals surface area contributed by atoms with Crippen molar-refractivity contribution in [1.29, 1.82) is 0 Å². The number of halogens is 1. The fourth-order valence-electron chi connectivity index (χ4n) is 1.28. The van der Waals surface area contributed by atoms with Gasteiger partial charge >= 0.3 is 37.2 Å². The van der Waals surface area contributed by atoms with Gasteiger partial charge < -0.3 is 24.0 Å². The van der Waals surface area contributed by atoms with E-state index in [1.165, 1.54) is 4.90 Å². The van der Waals surface area contributed by atoms with Crippen LogP contribution in [0, 0.1) is 45.5 Å². The average molecular weight is 523 g/mol. The third-order valence-corrected chi connectivity index (χ3v) is 2.31. The minimum absolute atomic E-state index is 0.